The van der Waals surface area contributed by atoms with Crippen LogP contribution in [0.4, 0.5) is 0 Å². The number of esters is 1. The minimum atomic E-state index is -0.571. The molecule has 25 heavy (non-hydrogen) atoms. The van der Waals surface area contributed by atoms with Gasteiger partial charge in [-0.1, -0.05) is 42.5 Å². The fraction of sp³-hybridized carbons (Fsp3) is 0.200. The zero-order chi connectivity index (χ0) is 18.1. The van der Waals surface area contributed by atoms with E-state index in [9.17, 15) is 9.59 Å². The molecule has 1 atom stereocenters. The van der Waals surface area contributed by atoms with Gasteiger partial charge in [0.1, 0.15) is 5.75 Å². The molecule has 5 nitrogen and oxygen atoms in total. The lowest BCUT2D eigenvalue weighted by molar-refractivity contribution is -0.144. The molecule has 0 aliphatic rings. The fourth-order valence-corrected chi connectivity index (χ4v) is 2.17. The van der Waals surface area contributed by atoms with Crippen LogP contribution >= 0.6 is 0 Å². The summed E-state index contributed by atoms with van der Waals surface area (Å²) in [4.78, 5) is 23.5. The van der Waals surface area contributed by atoms with Crippen molar-refractivity contribution in [3.63, 3.8) is 0 Å². The molecule has 2 aromatic carbocycles. The lowest BCUT2D eigenvalue weighted by Crippen LogP contribution is -2.30. The fourth-order valence-electron chi connectivity index (χ4n) is 2.17. The third kappa shape index (κ3) is 6.14. The van der Waals surface area contributed by atoms with E-state index >= 15 is 0 Å². The number of rotatable bonds is 7. The Balaban J connectivity index is 1.76. The molecule has 0 saturated heterocycles. The van der Waals surface area contributed by atoms with Crippen LogP contribution in [0.2, 0.25) is 0 Å². The van der Waals surface area contributed by atoms with Gasteiger partial charge in [-0.15, -0.1) is 0 Å². The van der Waals surface area contributed by atoms with Crippen LogP contribution < -0.4 is 10.1 Å². The van der Waals surface area contributed by atoms with Gasteiger partial charge in [-0.3, -0.25) is 4.79 Å². The molecule has 1 N–H and O–H groups in total. The highest BCUT2D eigenvalue weighted by Gasteiger charge is 2.10. The summed E-state index contributed by atoms with van der Waals surface area (Å²) in [5, 5.41) is 2.78. The molecule has 0 radical (unpaired) electrons. The number of carbonyl (C=O) groups excluding carboxylic acids is 2. The molecule has 0 unspecified atom stereocenters. The van der Waals surface area contributed by atoms with Crippen molar-refractivity contribution < 1.29 is 19.1 Å². The number of hydrogen-bond donors (Lipinski definition) is 1. The van der Waals surface area contributed by atoms with Crippen molar-refractivity contribution in [1.82, 2.24) is 5.32 Å². The number of carbonyl (C=O) groups is 2. The van der Waals surface area contributed by atoms with Crippen molar-refractivity contribution in [1.29, 1.82) is 0 Å². The van der Waals surface area contributed by atoms with Crippen molar-refractivity contribution in [3.05, 3.63) is 71.8 Å². The highest BCUT2D eigenvalue weighted by molar-refractivity contribution is 5.89. The highest BCUT2D eigenvalue weighted by atomic mass is 16.5. The predicted octanol–water partition coefficient (Wildman–Crippen LogP) is 3.13. The van der Waals surface area contributed by atoms with Crippen molar-refractivity contribution in [2.75, 3.05) is 13.7 Å². The highest BCUT2D eigenvalue weighted by Crippen LogP contribution is 2.12. The normalized spacial score (nSPS) is 11.8. The van der Waals surface area contributed by atoms with Crippen LogP contribution in [0.25, 0.3) is 6.08 Å². The van der Waals surface area contributed by atoms with Crippen molar-refractivity contribution in [2.24, 2.45) is 0 Å². The topological polar surface area (TPSA) is 64.6 Å². The Morgan fingerprint density at radius 3 is 2.40 bits per heavy atom. The second-order valence-electron chi connectivity index (χ2n) is 5.41. The van der Waals surface area contributed by atoms with Gasteiger partial charge in [-0.25, -0.2) is 4.79 Å². The van der Waals surface area contributed by atoms with E-state index in [1.807, 2.05) is 49.4 Å². The molecule has 0 aromatic heterocycles. The molecular weight excluding hydrogens is 318 g/mol. The average molecular weight is 339 g/mol. The number of nitrogens with one attached hydrogen (secondary N) is 1. The van der Waals surface area contributed by atoms with Gasteiger partial charge in [-0.05, 0) is 36.3 Å². The lowest BCUT2D eigenvalue weighted by Gasteiger charge is -2.13. The first-order valence-corrected chi connectivity index (χ1v) is 7.91. The van der Waals surface area contributed by atoms with Gasteiger partial charge in [0.15, 0.2) is 6.61 Å². The summed E-state index contributed by atoms with van der Waals surface area (Å²) < 4.78 is 10.0. The van der Waals surface area contributed by atoms with E-state index in [0.717, 1.165) is 16.9 Å². The van der Waals surface area contributed by atoms with E-state index in [2.05, 4.69) is 5.32 Å². The first-order valence-electron chi connectivity index (χ1n) is 7.91. The van der Waals surface area contributed by atoms with Crippen LogP contribution in [0.1, 0.15) is 24.1 Å². The van der Waals surface area contributed by atoms with E-state index in [0.29, 0.717) is 0 Å². The Morgan fingerprint density at radius 1 is 1.08 bits per heavy atom. The van der Waals surface area contributed by atoms with Crippen LogP contribution in [0.15, 0.2) is 60.7 Å². The predicted molar refractivity (Wildman–Crippen MR) is 96.0 cm³/mol. The molecule has 0 saturated carbocycles. The molecule has 0 aliphatic heterocycles. The molecule has 0 fully saturated rings. The third-order valence-corrected chi connectivity index (χ3v) is 3.55. The van der Waals surface area contributed by atoms with E-state index in [1.165, 1.54) is 6.08 Å². The zero-order valence-electron chi connectivity index (χ0n) is 14.3. The van der Waals surface area contributed by atoms with E-state index < -0.39 is 5.97 Å². The van der Waals surface area contributed by atoms with E-state index in [4.69, 9.17) is 9.47 Å². The minimum absolute atomic E-state index is 0.151. The number of hydrogen-bond acceptors (Lipinski definition) is 4. The molecule has 130 valence electrons. The van der Waals surface area contributed by atoms with Gasteiger partial charge >= 0.3 is 5.97 Å². The second kappa shape index (κ2) is 9.27. The summed E-state index contributed by atoms with van der Waals surface area (Å²) in [5.41, 5.74) is 1.82. The summed E-state index contributed by atoms with van der Waals surface area (Å²) in [6.45, 7) is 1.56. The number of benzene rings is 2. The molecule has 1 amide bonds. The maximum Gasteiger partial charge on any atom is 0.331 e. The lowest BCUT2D eigenvalue weighted by atomic mass is 10.1. The smallest absolute Gasteiger partial charge is 0.331 e. The Bertz CT molecular complexity index is 723. The van der Waals surface area contributed by atoms with Gasteiger partial charge in [0, 0.05) is 6.08 Å². The Kier molecular flexibility index (Phi) is 6.77. The molecule has 0 spiro atoms. The molecule has 0 bridgehead atoms. The monoisotopic (exact) mass is 339 g/mol. The van der Waals surface area contributed by atoms with Crippen molar-refractivity contribution in [2.45, 2.75) is 13.0 Å². The molecule has 2 aromatic rings. The summed E-state index contributed by atoms with van der Waals surface area (Å²) in [5.74, 6) is -0.176. The SMILES string of the molecule is COc1ccc(/C=C/C(=O)OCC(=O)N[C@@H](C)c2ccccc2)cc1. The first-order chi connectivity index (χ1) is 12.1. The van der Waals surface area contributed by atoms with Crippen LogP contribution in [0, 0.1) is 0 Å². The summed E-state index contributed by atoms with van der Waals surface area (Å²) >= 11 is 0. The summed E-state index contributed by atoms with van der Waals surface area (Å²) in [7, 11) is 1.59. The maximum absolute atomic E-state index is 11.8. The van der Waals surface area contributed by atoms with Gasteiger partial charge in [0.05, 0.1) is 13.2 Å². The van der Waals surface area contributed by atoms with Crippen LogP contribution in [-0.2, 0) is 14.3 Å². The van der Waals surface area contributed by atoms with Crippen LogP contribution in [0.3, 0.4) is 0 Å². The Hall–Kier alpha value is -3.08. The van der Waals surface area contributed by atoms with E-state index in [1.54, 1.807) is 25.3 Å². The van der Waals surface area contributed by atoms with Gasteiger partial charge in [0.25, 0.3) is 5.91 Å². The van der Waals surface area contributed by atoms with E-state index in [-0.39, 0.29) is 18.6 Å². The summed E-state index contributed by atoms with van der Waals surface area (Å²) in [6, 6.07) is 16.6. The van der Waals surface area contributed by atoms with Crippen LogP contribution in [-0.4, -0.2) is 25.6 Å². The number of methoxy groups -OCH3 is 1. The third-order valence-electron chi connectivity index (χ3n) is 3.55. The zero-order valence-corrected chi connectivity index (χ0v) is 14.3. The summed E-state index contributed by atoms with van der Waals surface area (Å²) in [6.07, 6.45) is 2.90. The average Bonchev–Trinajstić information content (AvgIpc) is 2.65. The van der Waals surface area contributed by atoms with Crippen LogP contribution in [0.5, 0.6) is 5.75 Å². The quantitative estimate of drug-likeness (QED) is 0.622. The minimum Gasteiger partial charge on any atom is -0.497 e. The number of amides is 1. The molecular formula is C20H21NO4. The Morgan fingerprint density at radius 2 is 1.76 bits per heavy atom. The van der Waals surface area contributed by atoms with Gasteiger partial charge < -0.3 is 14.8 Å². The first kappa shape index (κ1) is 18.3. The standard InChI is InChI=1S/C20H21NO4/c1-15(17-6-4-3-5-7-17)21-19(22)14-25-20(23)13-10-16-8-11-18(24-2)12-9-16/h3-13,15H,14H2,1-2H3,(H,21,22)/b13-10+/t15-/m0/s1. The van der Waals surface area contributed by atoms with Gasteiger partial charge in [-0.2, -0.15) is 0 Å². The largest absolute Gasteiger partial charge is 0.497 e. The molecule has 0 aliphatic carbocycles. The molecule has 0 heterocycles. The molecule has 2 rings (SSSR count). The van der Waals surface area contributed by atoms with Gasteiger partial charge in [0.2, 0.25) is 0 Å². The Labute approximate surface area is 147 Å². The van der Waals surface area contributed by atoms with Crippen molar-refractivity contribution in [3.8, 4) is 5.75 Å². The maximum atomic E-state index is 11.8. The number of ether oxygens (including phenoxy) is 2. The second-order valence-corrected chi connectivity index (χ2v) is 5.41. The van der Waals surface area contributed by atoms with Crippen molar-refractivity contribution >= 4 is 18.0 Å². The molecule has 5 heteroatoms.